The number of nitrogens with one attached hydrogen (secondary N) is 1. The number of carbonyl (C=O) groups is 1. The molecule has 0 unspecified atom stereocenters. The van der Waals surface area contributed by atoms with E-state index in [1.807, 2.05) is 31.7 Å². The molecule has 1 aromatic carbocycles. The normalized spacial score (nSPS) is 18.2. The molecule has 0 spiro atoms. The Balaban J connectivity index is 1.74. The van der Waals surface area contributed by atoms with Gasteiger partial charge in [0.1, 0.15) is 28.9 Å². The first kappa shape index (κ1) is 24.0. The number of hydrogen-bond donors (Lipinski definition) is 1. The SMILES string of the molecule is CCOc1ccc(NC(=O)/C(C#N)=C/c2c(N3C[C@@H](C)O[C@@H](C)C3)nc3ccccn3c2=O)cc1. The summed E-state index contributed by atoms with van der Waals surface area (Å²) in [6.07, 6.45) is 2.80. The van der Waals surface area contributed by atoms with Crippen LogP contribution in [0.2, 0.25) is 0 Å². The summed E-state index contributed by atoms with van der Waals surface area (Å²) < 4.78 is 12.7. The molecule has 1 N–H and O–H groups in total. The number of hydrogen-bond acceptors (Lipinski definition) is 7. The van der Waals surface area contributed by atoms with Crippen molar-refractivity contribution in [3.63, 3.8) is 0 Å². The van der Waals surface area contributed by atoms with Crippen molar-refractivity contribution in [2.24, 2.45) is 0 Å². The number of pyridine rings is 1. The number of nitriles is 1. The number of anilines is 2. The molecule has 1 saturated heterocycles. The molecule has 0 aliphatic carbocycles. The van der Waals surface area contributed by atoms with Gasteiger partial charge in [-0.2, -0.15) is 5.26 Å². The van der Waals surface area contributed by atoms with Crippen LogP contribution in [0.15, 0.2) is 59.0 Å². The molecule has 3 heterocycles. The molecule has 3 aromatic rings. The Labute approximate surface area is 203 Å². The third kappa shape index (κ3) is 5.34. The Kier molecular flexibility index (Phi) is 7.13. The first-order chi connectivity index (χ1) is 16.9. The molecule has 0 bridgehead atoms. The maximum Gasteiger partial charge on any atom is 0.267 e. The molecular weight excluding hydrogens is 446 g/mol. The lowest BCUT2D eigenvalue weighted by atomic mass is 10.1. The van der Waals surface area contributed by atoms with Crippen molar-refractivity contribution in [3.05, 3.63) is 70.2 Å². The Morgan fingerprint density at radius 2 is 1.94 bits per heavy atom. The highest BCUT2D eigenvalue weighted by Gasteiger charge is 2.27. The van der Waals surface area contributed by atoms with Crippen LogP contribution in [-0.2, 0) is 9.53 Å². The number of amides is 1. The Morgan fingerprint density at radius 1 is 1.23 bits per heavy atom. The molecule has 4 rings (SSSR count). The van der Waals surface area contributed by atoms with E-state index >= 15 is 0 Å². The summed E-state index contributed by atoms with van der Waals surface area (Å²) in [6, 6.07) is 14.0. The average Bonchev–Trinajstić information content (AvgIpc) is 2.84. The predicted molar refractivity (Wildman–Crippen MR) is 134 cm³/mol. The molecule has 0 radical (unpaired) electrons. The second kappa shape index (κ2) is 10.4. The summed E-state index contributed by atoms with van der Waals surface area (Å²) in [6.45, 7) is 7.39. The smallest absolute Gasteiger partial charge is 0.267 e. The highest BCUT2D eigenvalue weighted by molar-refractivity contribution is 6.10. The van der Waals surface area contributed by atoms with E-state index in [1.54, 1.807) is 48.7 Å². The molecule has 35 heavy (non-hydrogen) atoms. The van der Waals surface area contributed by atoms with Gasteiger partial charge in [0.05, 0.1) is 24.4 Å². The van der Waals surface area contributed by atoms with Crippen molar-refractivity contribution in [1.82, 2.24) is 9.38 Å². The second-order valence-corrected chi connectivity index (χ2v) is 8.33. The van der Waals surface area contributed by atoms with Crippen LogP contribution in [0.4, 0.5) is 11.5 Å². The predicted octanol–water partition coefficient (Wildman–Crippen LogP) is 3.25. The monoisotopic (exact) mass is 473 g/mol. The van der Waals surface area contributed by atoms with Crippen molar-refractivity contribution in [2.75, 3.05) is 29.9 Å². The number of rotatable bonds is 6. The minimum atomic E-state index is -0.621. The summed E-state index contributed by atoms with van der Waals surface area (Å²) in [5.74, 6) is 0.476. The largest absolute Gasteiger partial charge is 0.494 e. The molecule has 1 aliphatic rings. The Hall–Kier alpha value is -4.16. The Morgan fingerprint density at radius 3 is 2.60 bits per heavy atom. The van der Waals surface area contributed by atoms with Crippen LogP contribution in [0.3, 0.4) is 0 Å². The van der Waals surface area contributed by atoms with Crippen LogP contribution >= 0.6 is 0 Å². The van der Waals surface area contributed by atoms with E-state index in [2.05, 4.69) is 5.32 Å². The number of fused-ring (bicyclic) bond motifs is 1. The average molecular weight is 474 g/mol. The maximum atomic E-state index is 13.5. The fraction of sp³-hybridized carbons (Fsp3) is 0.308. The van der Waals surface area contributed by atoms with E-state index in [0.717, 1.165) is 0 Å². The highest BCUT2D eigenvalue weighted by Crippen LogP contribution is 2.24. The van der Waals surface area contributed by atoms with Crippen LogP contribution in [0.25, 0.3) is 11.7 Å². The summed E-state index contributed by atoms with van der Waals surface area (Å²) in [4.78, 5) is 33.1. The van der Waals surface area contributed by atoms with Gasteiger partial charge in [-0.3, -0.25) is 14.0 Å². The van der Waals surface area contributed by atoms with Gasteiger partial charge in [0.15, 0.2) is 0 Å². The molecule has 9 nitrogen and oxygen atoms in total. The number of carbonyl (C=O) groups excluding carboxylic acids is 1. The fourth-order valence-electron chi connectivity index (χ4n) is 4.10. The van der Waals surface area contributed by atoms with Gasteiger partial charge in [-0.25, -0.2) is 4.98 Å². The molecule has 2 atom stereocenters. The second-order valence-electron chi connectivity index (χ2n) is 8.33. The van der Waals surface area contributed by atoms with Crippen LogP contribution < -0.4 is 20.5 Å². The quantitative estimate of drug-likeness (QED) is 0.432. The summed E-state index contributed by atoms with van der Waals surface area (Å²) in [5, 5.41) is 12.5. The molecule has 1 aliphatic heterocycles. The van der Waals surface area contributed by atoms with Gasteiger partial charge in [-0.1, -0.05) is 6.07 Å². The summed E-state index contributed by atoms with van der Waals surface area (Å²) in [7, 11) is 0. The standard InChI is InChI=1S/C26H27N5O4/c1-4-34-21-10-8-20(9-11-21)28-25(32)19(14-27)13-22-24(30-15-17(2)35-18(3)16-30)29-23-7-5-6-12-31(23)26(22)33/h5-13,17-18H,4,15-16H2,1-3H3,(H,28,32)/b19-13+/t17-,18+. The van der Waals surface area contributed by atoms with Crippen molar-refractivity contribution >= 4 is 29.1 Å². The minimum absolute atomic E-state index is 0.0648. The van der Waals surface area contributed by atoms with E-state index in [1.165, 1.54) is 10.5 Å². The zero-order valence-corrected chi connectivity index (χ0v) is 19.9. The first-order valence-corrected chi connectivity index (χ1v) is 11.5. The summed E-state index contributed by atoms with van der Waals surface area (Å²) >= 11 is 0. The number of benzene rings is 1. The molecular formula is C26H27N5O4. The van der Waals surface area contributed by atoms with Gasteiger partial charge in [-0.05, 0) is 63.2 Å². The number of ether oxygens (including phenoxy) is 2. The topological polar surface area (TPSA) is 109 Å². The summed E-state index contributed by atoms with van der Waals surface area (Å²) in [5.41, 5.74) is 0.592. The van der Waals surface area contributed by atoms with Gasteiger partial charge < -0.3 is 19.7 Å². The van der Waals surface area contributed by atoms with Crippen LogP contribution in [0.5, 0.6) is 5.75 Å². The molecule has 1 fully saturated rings. The van der Waals surface area contributed by atoms with Gasteiger partial charge in [0, 0.05) is 25.0 Å². The third-order valence-electron chi connectivity index (χ3n) is 5.55. The van der Waals surface area contributed by atoms with E-state index in [-0.39, 0.29) is 28.9 Å². The molecule has 9 heteroatoms. The lowest BCUT2D eigenvalue weighted by Crippen LogP contribution is -2.46. The van der Waals surface area contributed by atoms with Gasteiger partial charge in [0.25, 0.3) is 11.5 Å². The Bertz CT molecular complexity index is 1350. The zero-order chi connectivity index (χ0) is 24.9. The van der Waals surface area contributed by atoms with Crippen molar-refractivity contribution in [1.29, 1.82) is 5.26 Å². The van der Waals surface area contributed by atoms with E-state index in [4.69, 9.17) is 14.5 Å². The van der Waals surface area contributed by atoms with Gasteiger partial charge in [0.2, 0.25) is 0 Å². The van der Waals surface area contributed by atoms with Crippen molar-refractivity contribution in [3.8, 4) is 11.8 Å². The fourth-order valence-corrected chi connectivity index (χ4v) is 4.10. The number of morpholine rings is 1. The van der Waals surface area contributed by atoms with Crippen molar-refractivity contribution in [2.45, 2.75) is 33.0 Å². The van der Waals surface area contributed by atoms with Crippen LogP contribution in [0, 0.1) is 11.3 Å². The molecule has 1 amide bonds. The van der Waals surface area contributed by atoms with E-state index in [0.29, 0.717) is 42.6 Å². The lowest BCUT2D eigenvalue weighted by molar-refractivity contribution is -0.112. The van der Waals surface area contributed by atoms with Gasteiger partial charge in [-0.15, -0.1) is 0 Å². The zero-order valence-electron chi connectivity index (χ0n) is 19.9. The van der Waals surface area contributed by atoms with Crippen LogP contribution in [0.1, 0.15) is 26.3 Å². The highest BCUT2D eigenvalue weighted by atomic mass is 16.5. The van der Waals surface area contributed by atoms with E-state index in [9.17, 15) is 14.9 Å². The molecule has 0 saturated carbocycles. The minimum Gasteiger partial charge on any atom is -0.494 e. The number of aromatic nitrogens is 2. The first-order valence-electron chi connectivity index (χ1n) is 11.5. The maximum absolute atomic E-state index is 13.5. The molecule has 2 aromatic heterocycles. The third-order valence-corrected chi connectivity index (χ3v) is 5.55. The number of nitrogens with zero attached hydrogens (tertiary/aromatic N) is 4. The molecule has 180 valence electrons. The van der Waals surface area contributed by atoms with E-state index < -0.39 is 5.91 Å². The van der Waals surface area contributed by atoms with Crippen LogP contribution in [-0.4, -0.2) is 47.2 Å². The lowest BCUT2D eigenvalue weighted by Gasteiger charge is -2.36. The van der Waals surface area contributed by atoms with Gasteiger partial charge >= 0.3 is 0 Å². The van der Waals surface area contributed by atoms with Crippen molar-refractivity contribution < 1.29 is 14.3 Å².